The van der Waals surface area contributed by atoms with E-state index in [4.69, 9.17) is 4.74 Å². The topological polar surface area (TPSA) is 109 Å². The Morgan fingerprint density at radius 1 is 1.15 bits per heavy atom. The SMILES string of the molecule is CC(C)NC(=O)c1csc(-c2c(-c3ccc(F)cc3)c(=O)[nH]n2C2CCCCN2C(=O)OCc2ccccc2)n1. The molecule has 11 heteroatoms. The van der Waals surface area contributed by atoms with Crippen LogP contribution >= 0.6 is 11.3 Å². The van der Waals surface area contributed by atoms with E-state index in [1.807, 2.05) is 44.2 Å². The molecule has 1 aliphatic rings. The third-order valence-electron chi connectivity index (χ3n) is 6.63. The summed E-state index contributed by atoms with van der Waals surface area (Å²) in [7, 11) is 0. The average Bonchev–Trinajstić information content (AvgIpc) is 3.57. The molecule has 2 amide bonds. The number of halogens is 1. The Hall–Kier alpha value is -4.25. The van der Waals surface area contributed by atoms with Crippen molar-refractivity contribution in [3.63, 3.8) is 0 Å². The number of nitrogens with one attached hydrogen (secondary N) is 2. The summed E-state index contributed by atoms with van der Waals surface area (Å²) in [6.07, 6.45) is 1.16. The minimum absolute atomic E-state index is 0.0736. The second kappa shape index (κ2) is 11.9. The van der Waals surface area contributed by atoms with Gasteiger partial charge in [-0.25, -0.2) is 14.2 Å². The zero-order chi connectivity index (χ0) is 28.2. The number of aromatic nitrogens is 3. The van der Waals surface area contributed by atoms with Crippen LogP contribution in [0.2, 0.25) is 0 Å². The first-order valence-corrected chi connectivity index (χ1v) is 14.0. The maximum atomic E-state index is 13.8. The van der Waals surface area contributed by atoms with Gasteiger partial charge in [-0.15, -0.1) is 11.3 Å². The van der Waals surface area contributed by atoms with E-state index < -0.39 is 23.6 Å². The molecule has 1 aliphatic heterocycles. The van der Waals surface area contributed by atoms with Crippen molar-refractivity contribution in [3.05, 3.63) is 87.4 Å². The molecule has 0 radical (unpaired) electrons. The van der Waals surface area contributed by atoms with Crippen molar-refractivity contribution in [2.45, 2.75) is 51.9 Å². The zero-order valence-electron chi connectivity index (χ0n) is 22.2. The van der Waals surface area contributed by atoms with Gasteiger partial charge in [-0.1, -0.05) is 42.5 Å². The van der Waals surface area contributed by atoms with Crippen LogP contribution in [0.4, 0.5) is 9.18 Å². The van der Waals surface area contributed by atoms with Crippen LogP contribution in [0.5, 0.6) is 0 Å². The van der Waals surface area contributed by atoms with Crippen LogP contribution in [-0.2, 0) is 11.3 Å². The summed E-state index contributed by atoms with van der Waals surface area (Å²) in [5, 5.41) is 7.80. The van der Waals surface area contributed by atoms with E-state index in [2.05, 4.69) is 15.4 Å². The Labute approximate surface area is 234 Å². The first kappa shape index (κ1) is 27.3. The van der Waals surface area contributed by atoms with Crippen molar-refractivity contribution in [2.24, 2.45) is 0 Å². The summed E-state index contributed by atoms with van der Waals surface area (Å²) < 4.78 is 21.0. The van der Waals surface area contributed by atoms with Crippen LogP contribution < -0.4 is 10.9 Å². The fraction of sp³-hybridized carbons (Fsp3) is 0.310. The van der Waals surface area contributed by atoms with Crippen LogP contribution in [0.3, 0.4) is 0 Å². The van der Waals surface area contributed by atoms with Crippen LogP contribution in [0.1, 0.15) is 55.3 Å². The molecule has 5 rings (SSSR count). The third kappa shape index (κ3) is 5.84. The van der Waals surface area contributed by atoms with Crippen LogP contribution in [0, 0.1) is 5.82 Å². The molecular weight excluding hydrogens is 533 g/mol. The van der Waals surface area contributed by atoms with Crippen molar-refractivity contribution in [3.8, 4) is 21.8 Å². The smallest absolute Gasteiger partial charge is 0.411 e. The minimum atomic E-state index is -0.550. The molecule has 9 nitrogen and oxygen atoms in total. The number of hydrogen-bond donors (Lipinski definition) is 2. The van der Waals surface area contributed by atoms with Gasteiger partial charge in [0.1, 0.15) is 35.0 Å². The minimum Gasteiger partial charge on any atom is -0.444 e. The lowest BCUT2D eigenvalue weighted by Crippen LogP contribution is -2.42. The number of likely N-dealkylation sites (tertiary alicyclic amines) is 1. The van der Waals surface area contributed by atoms with Gasteiger partial charge in [0, 0.05) is 18.0 Å². The number of thiazole rings is 1. The molecule has 0 spiro atoms. The first-order valence-electron chi connectivity index (χ1n) is 13.2. The molecule has 208 valence electrons. The van der Waals surface area contributed by atoms with Gasteiger partial charge < -0.3 is 10.1 Å². The highest BCUT2D eigenvalue weighted by Gasteiger charge is 2.34. The maximum Gasteiger partial charge on any atom is 0.411 e. The molecule has 40 heavy (non-hydrogen) atoms. The third-order valence-corrected chi connectivity index (χ3v) is 7.48. The lowest BCUT2D eigenvalue weighted by atomic mass is 10.0. The van der Waals surface area contributed by atoms with Crippen LogP contribution in [-0.4, -0.2) is 44.3 Å². The monoisotopic (exact) mass is 563 g/mol. The van der Waals surface area contributed by atoms with Crippen molar-refractivity contribution in [1.29, 1.82) is 0 Å². The lowest BCUT2D eigenvalue weighted by Gasteiger charge is -2.36. The molecule has 0 aliphatic carbocycles. The maximum absolute atomic E-state index is 13.8. The molecule has 4 aromatic rings. The van der Waals surface area contributed by atoms with Gasteiger partial charge in [0.05, 0.1) is 5.56 Å². The number of H-pyrrole nitrogens is 1. The second-order valence-electron chi connectivity index (χ2n) is 9.92. The van der Waals surface area contributed by atoms with Gasteiger partial charge in [-0.2, -0.15) is 0 Å². The summed E-state index contributed by atoms with van der Waals surface area (Å²) in [5.74, 6) is -0.753. The number of aromatic amines is 1. The molecule has 2 aromatic heterocycles. The largest absolute Gasteiger partial charge is 0.444 e. The standard InChI is InChI=1S/C29H30FN5O4S/c1-18(2)31-26(36)22-17-40-28(32-22)25-24(20-11-13-21(30)14-12-20)27(37)33-35(25)23-10-6-7-15-34(23)29(38)39-16-19-8-4-3-5-9-19/h3-5,8-9,11-14,17-18,23H,6-7,10,15-16H2,1-2H3,(H,31,36)(H,33,37). The van der Waals surface area contributed by atoms with Gasteiger partial charge in [-0.3, -0.25) is 24.3 Å². The Balaban J connectivity index is 1.55. The number of ether oxygens (including phenoxy) is 1. The number of hydrogen-bond acceptors (Lipinski definition) is 6. The summed E-state index contributed by atoms with van der Waals surface area (Å²) in [6.45, 7) is 4.29. The average molecular weight is 564 g/mol. The van der Waals surface area contributed by atoms with E-state index in [1.165, 1.54) is 35.6 Å². The second-order valence-corrected chi connectivity index (χ2v) is 10.8. The zero-order valence-corrected chi connectivity index (χ0v) is 23.0. The van der Waals surface area contributed by atoms with Crippen LogP contribution in [0.25, 0.3) is 21.8 Å². The molecule has 3 heterocycles. The Morgan fingerprint density at radius 2 is 1.90 bits per heavy atom. The number of rotatable bonds is 7. The highest BCUT2D eigenvalue weighted by molar-refractivity contribution is 7.13. The summed E-state index contributed by atoms with van der Waals surface area (Å²) in [5.41, 5.74) is 1.89. The molecule has 1 unspecified atom stereocenters. The Kier molecular flexibility index (Phi) is 8.11. The van der Waals surface area contributed by atoms with E-state index in [0.717, 1.165) is 18.4 Å². The van der Waals surface area contributed by atoms with Crippen LogP contribution in [0.15, 0.2) is 64.8 Å². The molecule has 1 fully saturated rings. The molecule has 0 saturated carbocycles. The Bertz CT molecular complexity index is 1540. The number of piperidine rings is 1. The highest BCUT2D eigenvalue weighted by atomic mass is 32.1. The predicted molar refractivity (Wildman–Crippen MR) is 150 cm³/mol. The molecule has 2 aromatic carbocycles. The van der Waals surface area contributed by atoms with Gasteiger partial charge in [-0.05, 0) is 56.4 Å². The lowest BCUT2D eigenvalue weighted by molar-refractivity contribution is 0.0444. The van der Waals surface area contributed by atoms with Gasteiger partial charge >= 0.3 is 6.09 Å². The fourth-order valence-corrected chi connectivity index (χ4v) is 5.63. The van der Waals surface area contributed by atoms with Crippen molar-refractivity contribution in [1.82, 2.24) is 25.0 Å². The number of carbonyl (C=O) groups excluding carboxylic acids is 2. The Morgan fingerprint density at radius 3 is 2.62 bits per heavy atom. The first-order chi connectivity index (χ1) is 19.3. The molecule has 1 saturated heterocycles. The fourth-order valence-electron chi connectivity index (χ4n) is 4.79. The van der Waals surface area contributed by atoms with Gasteiger partial charge in [0.25, 0.3) is 11.5 Å². The predicted octanol–water partition coefficient (Wildman–Crippen LogP) is 5.57. The summed E-state index contributed by atoms with van der Waals surface area (Å²) in [4.78, 5) is 45.6. The number of nitrogens with zero attached hydrogens (tertiary/aromatic N) is 3. The van der Waals surface area contributed by atoms with E-state index in [1.54, 1.807) is 15.0 Å². The normalized spacial score (nSPS) is 15.3. The number of amides is 2. The number of benzene rings is 2. The highest BCUT2D eigenvalue weighted by Crippen LogP contribution is 2.37. The summed E-state index contributed by atoms with van der Waals surface area (Å²) >= 11 is 1.22. The van der Waals surface area contributed by atoms with Crippen molar-refractivity contribution in [2.75, 3.05) is 6.54 Å². The molecule has 2 N–H and O–H groups in total. The van der Waals surface area contributed by atoms with Crippen molar-refractivity contribution < 1.29 is 18.7 Å². The quantitative estimate of drug-likeness (QED) is 0.306. The van der Waals surface area contributed by atoms with E-state index in [-0.39, 0.29) is 29.8 Å². The molecule has 1 atom stereocenters. The van der Waals surface area contributed by atoms with Gasteiger partial charge in [0.2, 0.25) is 0 Å². The van der Waals surface area contributed by atoms with E-state index in [0.29, 0.717) is 29.2 Å². The molecular formula is C29H30FN5O4S. The molecule has 0 bridgehead atoms. The summed E-state index contributed by atoms with van der Waals surface area (Å²) in [6, 6.07) is 15.0. The van der Waals surface area contributed by atoms with Gasteiger partial charge in [0.15, 0.2) is 0 Å². The number of carbonyl (C=O) groups is 2. The van der Waals surface area contributed by atoms with E-state index >= 15 is 0 Å². The van der Waals surface area contributed by atoms with E-state index in [9.17, 15) is 18.8 Å². The van der Waals surface area contributed by atoms with Crippen molar-refractivity contribution >= 4 is 23.3 Å².